The predicted molar refractivity (Wildman–Crippen MR) is 141 cm³/mol. The van der Waals surface area contributed by atoms with Gasteiger partial charge in [-0.3, -0.25) is 0 Å². The molecule has 2 heterocycles. The van der Waals surface area contributed by atoms with Gasteiger partial charge < -0.3 is 14.4 Å². The summed E-state index contributed by atoms with van der Waals surface area (Å²) in [4.78, 5) is 2.44. The zero-order valence-electron chi connectivity index (χ0n) is 20.9. The molecule has 0 amide bonds. The minimum atomic E-state index is -0.596. The van der Waals surface area contributed by atoms with Crippen LogP contribution in [0.3, 0.4) is 0 Å². The van der Waals surface area contributed by atoms with Crippen LogP contribution in [0.1, 0.15) is 56.2 Å². The Morgan fingerprint density at radius 1 is 0.886 bits per heavy atom. The fourth-order valence-corrected chi connectivity index (χ4v) is 6.11. The summed E-state index contributed by atoms with van der Waals surface area (Å²) in [6.07, 6.45) is 5.93. The molecule has 3 aliphatic rings. The largest absolute Gasteiger partial charge is 0.370 e. The van der Waals surface area contributed by atoms with E-state index in [-0.39, 0.29) is 5.41 Å². The third-order valence-corrected chi connectivity index (χ3v) is 8.07. The third-order valence-electron chi connectivity index (χ3n) is 8.07. The van der Waals surface area contributed by atoms with Gasteiger partial charge in [0.1, 0.15) is 6.07 Å². The topological polar surface area (TPSA) is 45.5 Å². The molecule has 6 rings (SSSR count). The summed E-state index contributed by atoms with van der Waals surface area (Å²) in [5.74, 6) is -0.596. The van der Waals surface area contributed by atoms with Crippen LogP contribution in [0, 0.1) is 16.7 Å². The SMILES string of the molecule is CC1(C)COC2(CCc3c(C#N)c(N4CCCCC4)cc(-c4cccc5ccccc45)c3C2)OC1. The molecule has 0 unspecified atom stereocenters. The molecule has 3 aromatic rings. The lowest BCUT2D eigenvalue weighted by molar-refractivity contribution is -0.302. The Kier molecular flexibility index (Phi) is 5.59. The van der Waals surface area contributed by atoms with E-state index in [1.165, 1.54) is 52.3 Å². The number of hydrogen-bond donors (Lipinski definition) is 0. The summed E-state index contributed by atoms with van der Waals surface area (Å²) >= 11 is 0. The van der Waals surface area contributed by atoms with Gasteiger partial charge in [-0.05, 0) is 64.8 Å². The summed E-state index contributed by atoms with van der Waals surface area (Å²) < 4.78 is 12.9. The first-order valence-corrected chi connectivity index (χ1v) is 13.1. The number of hydrogen-bond acceptors (Lipinski definition) is 4. The number of fused-ring (bicyclic) bond motifs is 2. The van der Waals surface area contributed by atoms with Gasteiger partial charge in [0.05, 0.1) is 24.5 Å². The molecule has 2 fully saturated rings. The van der Waals surface area contributed by atoms with Crippen molar-refractivity contribution in [2.45, 2.75) is 58.2 Å². The van der Waals surface area contributed by atoms with Gasteiger partial charge in [-0.2, -0.15) is 5.26 Å². The van der Waals surface area contributed by atoms with E-state index in [0.717, 1.165) is 37.2 Å². The van der Waals surface area contributed by atoms with Crippen LogP contribution in [0.2, 0.25) is 0 Å². The van der Waals surface area contributed by atoms with Gasteiger partial charge in [0.2, 0.25) is 0 Å². The smallest absolute Gasteiger partial charge is 0.172 e. The van der Waals surface area contributed by atoms with E-state index in [2.05, 4.69) is 73.3 Å². The fraction of sp³-hybridized carbons (Fsp3) is 0.452. The molecule has 4 nitrogen and oxygen atoms in total. The molecule has 0 atom stereocenters. The van der Waals surface area contributed by atoms with Gasteiger partial charge in [0, 0.05) is 31.3 Å². The van der Waals surface area contributed by atoms with Gasteiger partial charge in [0.15, 0.2) is 5.79 Å². The predicted octanol–water partition coefficient (Wildman–Crippen LogP) is 6.63. The quantitative estimate of drug-likeness (QED) is 0.425. The molecule has 35 heavy (non-hydrogen) atoms. The summed E-state index contributed by atoms with van der Waals surface area (Å²) in [6.45, 7) is 7.82. The van der Waals surface area contributed by atoms with Crippen LogP contribution in [0.4, 0.5) is 5.69 Å². The van der Waals surface area contributed by atoms with E-state index < -0.39 is 5.79 Å². The van der Waals surface area contributed by atoms with Gasteiger partial charge >= 0.3 is 0 Å². The molecule has 180 valence electrons. The number of anilines is 1. The summed E-state index contributed by atoms with van der Waals surface area (Å²) in [5.41, 5.74) is 6.88. The number of rotatable bonds is 2. The summed E-state index contributed by atoms with van der Waals surface area (Å²) in [7, 11) is 0. The fourth-order valence-electron chi connectivity index (χ4n) is 6.11. The highest BCUT2D eigenvalue weighted by Gasteiger charge is 2.44. The van der Waals surface area contributed by atoms with Crippen LogP contribution >= 0.6 is 0 Å². The maximum atomic E-state index is 10.4. The molecule has 0 aromatic heterocycles. The lowest BCUT2D eigenvalue weighted by Gasteiger charge is -2.46. The third kappa shape index (κ3) is 4.01. The van der Waals surface area contributed by atoms with Crippen molar-refractivity contribution >= 4 is 16.5 Å². The van der Waals surface area contributed by atoms with E-state index >= 15 is 0 Å². The highest BCUT2D eigenvalue weighted by Crippen LogP contribution is 2.46. The van der Waals surface area contributed by atoms with Crippen molar-refractivity contribution < 1.29 is 9.47 Å². The maximum Gasteiger partial charge on any atom is 0.172 e. The van der Waals surface area contributed by atoms with E-state index in [1.54, 1.807) is 0 Å². The normalized spacial score (nSPS) is 21.0. The van der Waals surface area contributed by atoms with E-state index in [9.17, 15) is 5.26 Å². The van der Waals surface area contributed by atoms with Crippen LogP contribution < -0.4 is 4.90 Å². The molecular weight excluding hydrogens is 432 g/mol. The minimum Gasteiger partial charge on any atom is -0.370 e. The maximum absolute atomic E-state index is 10.4. The van der Waals surface area contributed by atoms with Crippen molar-refractivity contribution in [1.82, 2.24) is 0 Å². The Labute approximate surface area is 208 Å². The highest BCUT2D eigenvalue weighted by molar-refractivity contribution is 5.98. The zero-order chi connectivity index (χ0) is 24.0. The van der Waals surface area contributed by atoms with Crippen molar-refractivity contribution in [2.75, 3.05) is 31.2 Å². The van der Waals surface area contributed by atoms with E-state index in [0.29, 0.717) is 19.6 Å². The standard InChI is InChI=1S/C31H34N2O2/c1-30(2)20-34-31(35-21-30)14-13-25-27(18-31)26(24-12-8-10-22-9-4-5-11-23(22)24)17-29(28(25)19-32)33-15-6-3-7-16-33/h4-5,8-12,17H,3,6-7,13-16,18,20-21H2,1-2H3. The molecule has 0 N–H and O–H groups in total. The van der Waals surface area contributed by atoms with Crippen LogP contribution in [0.25, 0.3) is 21.9 Å². The number of piperidine rings is 1. The molecule has 3 aromatic carbocycles. The Hall–Kier alpha value is -2.87. The van der Waals surface area contributed by atoms with Gasteiger partial charge in [-0.25, -0.2) is 0 Å². The number of nitrogens with zero attached hydrogens (tertiary/aromatic N) is 2. The first-order valence-electron chi connectivity index (χ1n) is 13.1. The minimum absolute atomic E-state index is 0.0277. The van der Waals surface area contributed by atoms with Crippen LogP contribution in [-0.2, 0) is 22.3 Å². The first kappa shape index (κ1) is 22.6. The lowest BCUT2D eigenvalue weighted by atomic mass is 9.78. The van der Waals surface area contributed by atoms with Gasteiger partial charge in [-0.1, -0.05) is 56.3 Å². The van der Waals surface area contributed by atoms with Crippen molar-refractivity contribution in [2.24, 2.45) is 5.41 Å². The second-order valence-corrected chi connectivity index (χ2v) is 11.3. The van der Waals surface area contributed by atoms with Crippen molar-refractivity contribution in [3.8, 4) is 17.2 Å². The second kappa shape index (κ2) is 8.66. The first-order chi connectivity index (χ1) is 17.0. The van der Waals surface area contributed by atoms with Gasteiger partial charge in [0.25, 0.3) is 0 Å². The zero-order valence-corrected chi connectivity index (χ0v) is 20.9. The Morgan fingerprint density at radius 3 is 2.40 bits per heavy atom. The molecule has 0 saturated carbocycles. The summed E-state index contributed by atoms with van der Waals surface area (Å²) in [6, 6.07) is 20.1. The average molecular weight is 467 g/mol. The monoisotopic (exact) mass is 466 g/mol. The van der Waals surface area contributed by atoms with E-state index in [4.69, 9.17) is 9.47 Å². The Morgan fingerprint density at radius 2 is 1.63 bits per heavy atom. The van der Waals surface area contributed by atoms with Crippen LogP contribution in [0.5, 0.6) is 0 Å². The number of benzene rings is 3. The molecular formula is C31H34N2O2. The summed E-state index contributed by atoms with van der Waals surface area (Å²) in [5, 5.41) is 12.9. The Balaban J connectivity index is 1.55. The molecule has 2 saturated heterocycles. The molecule has 0 radical (unpaired) electrons. The highest BCUT2D eigenvalue weighted by atomic mass is 16.7. The van der Waals surface area contributed by atoms with E-state index in [1.807, 2.05) is 0 Å². The number of ether oxygens (including phenoxy) is 2. The molecule has 1 aliphatic carbocycles. The molecule has 0 bridgehead atoms. The molecule has 4 heteroatoms. The Bertz CT molecular complexity index is 1300. The van der Waals surface area contributed by atoms with Crippen LogP contribution in [0.15, 0.2) is 48.5 Å². The average Bonchev–Trinajstić information content (AvgIpc) is 2.90. The molecule has 2 aliphatic heterocycles. The van der Waals surface area contributed by atoms with Crippen molar-refractivity contribution in [1.29, 1.82) is 5.26 Å². The lowest BCUT2D eigenvalue weighted by Crippen LogP contribution is -2.50. The second-order valence-electron chi connectivity index (χ2n) is 11.3. The van der Waals surface area contributed by atoms with Crippen molar-refractivity contribution in [3.05, 3.63) is 65.2 Å². The molecule has 1 spiro atoms. The van der Waals surface area contributed by atoms with Crippen molar-refractivity contribution in [3.63, 3.8) is 0 Å². The van der Waals surface area contributed by atoms with Crippen LogP contribution in [-0.4, -0.2) is 32.1 Å². The number of nitriles is 1. The van der Waals surface area contributed by atoms with Gasteiger partial charge in [-0.15, -0.1) is 0 Å².